The molecule has 7 N–H and O–H groups in total. The number of aryl methyl sites for hydroxylation is 1. The van der Waals surface area contributed by atoms with Gasteiger partial charge in [0.15, 0.2) is 0 Å². The highest BCUT2D eigenvalue weighted by atomic mass is 19.1. The Morgan fingerprint density at radius 3 is 2.40 bits per heavy atom. The van der Waals surface area contributed by atoms with Gasteiger partial charge in [-0.1, -0.05) is 0 Å². The number of rotatable bonds is 12. The number of piperidine rings is 2. The number of fused-ring (bicyclic) bond motifs is 1. The van der Waals surface area contributed by atoms with Crippen molar-refractivity contribution in [2.75, 3.05) is 46.4 Å². The van der Waals surface area contributed by atoms with Gasteiger partial charge in [-0.3, -0.25) is 29.9 Å². The maximum absolute atomic E-state index is 13.4. The van der Waals surface area contributed by atoms with Crippen LogP contribution in [0.1, 0.15) is 49.7 Å². The van der Waals surface area contributed by atoms with Crippen molar-refractivity contribution in [2.24, 2.45) is 17.1 Å². The first kappa shape index (κ1) is 36.9. The third-order valence-electron chi connectivity index (χ3n) is 9.31. The second-order valence-electron chi connectivity index (χ2n) is 12.2. The molecule has 0 spiro atoms. The lowest BCUT2D eigenvalue weighted by molar-refractivity contribution is -0.143. The number of carbonyl (C=O) groups is 2. The lowest BCUT2D eigenvalue weighted by Gasteiger charge is -2.40. The minimum absolute atomic E-state index is 0.00579. The van der Waals surface area contributed by atoms with Crippen LogP contribution in [0.25, 0.3) is 10.9 Å². The Morgan fingerprint density at radius 1 is 1.06 bits per heavy atom. The van der Waals surface area contributed by atoms with Crippen LogP contribution < -0.4 is 31.5 Å². The molecule has 48 heavy (non-hydrogen) atoms. The van der Waals surface area contributed by atoms with E-state index in [0.717, 1.165) is 78.3 Å². The van der Waals surface area contributed by atoms with Crippen molar-refractivity contribution >= 4 is 22.7 Å². The Kier molecular flexibility index (Phi) is 13.8. The van der Waals surface area contributed by atoms with Crippen LogP contribution in [0, 0.1) is 23.0 Å². The van der Waals surface area contributed by atoms with Crippen molar-refractivity contribution in [3.05, 3.63) is 65.4 Å². The first-order valence-electron chi connectivity index (χ1n) is 16.3. The molecule has 0 bridgehead atoms. The van der Waals surface area contributed by atoms with Crippen molar-refractivity contribution in [2.45, 2.75) is 51.5 Å². The van der Waals surface area contributed by atoms with Crippen LogP contribution in [0.5, 0.6) is 11.5 Å². The number of pyridine rings is 1. The molecule has 2 fully saturated rings. The number of nitrogens with one attached hydrogen (secondary N) is 3. The smallest absolute Gasteiger partial charge is 0.249 e. The van der Waals surface area contributed by atoms with Crippen LogP contribution >= 0.6 is 0 Å². The molecule has 0 atom stereocenters. The van der Waals surface area contributed by atoms with Crippen molar-refractivity contribution in [3.63, 3.8) is 0 Å². The minimum Gasteiger partial charge on any atom is -0.497 e. The summed E-state index contributed by atoms with van der Waals surface area (Å²) in [5, 5.41) is 21.9. The van der Waals surface area contributed by atoms with Gasteiger partial charge in [-0.2, -0.15) is 0 Å². The van der Waals surface area contributed by atoms with E-state index < -0.39 is 17.0 Å². The van der Waals surface area contributed by atoms with Crippen molar-refractivity contribution in [1.29, 1.82) is 0 Å². The molecule has 14 heteroatoms. The lowest BCUT2D eigenvalue weighted by atomic mass is 9.73. The van der Waals surface area contributed by atoms with E-state index >= 15 is 0 Å². The van der Waals surface area contributed by atoms with E-state index in [0.29, 0.717) is 51.9 Å². The van der Waals surface area contributed by atoms with Crippen molar-refractivity contribution < 1.29 is 38.3 Å². The Bertz CT molecular complexity index is 1490. The summed E-state index contributed by atoms with van der Waals surface area (Å²) >= 11 is 0. The van der Waals surface area contributed by atoms with Crippen LogP contribution in [0.2, 0.25) is 0 Å². The number of halogens is 2. The largest absolute Gasteiger partial charge is 0.497 e. The van der Waals surface area contributed by atoms with Crippen LogP contribution in [-0.2, 0) is 22.6 Å². The third-order valence-corrected chi connectivity index (χ3v) is 9.31. The van der Waals surface area contributed by atoms with E-state index in [1.807, 2.05) is 23.7 Å². The molecule has 0 aliphatic carbocycles. The summed E-state index contributed by atoms with van der Waals surface area (Å²) in [6.45, 7) is 4.20. The molecule has 2 aliphatic heterocycles. The fourth-order valence-electron chi connectivity index (χ4n) is 6.46. The molecule has 2 amide bonds. The zero-order chi connectivity index (χ0) is 34.5. The second-order valence-corrected chi connectivity index (χ2v) is 12.2. The fourth-order valence-corrected chi connectivity index (χ4v) is 6.46. The molecule has 3 aromatic rings. The Morgan fingerprint density at radius 2 is 1.77 bits per heavy atom. The molecule has 12 nitrogen and oxygen atoms in total. The number of hydrogen-bond donors (Lipinski definition) is 6. The Labute approximate surface area is 278 Å². The fraction of sp³-hybridized carbons (Fsp3) is 0.500. The molecule has 5 rings (SSSR count). The van der Waals surface area contributed by atoms with Crippen molar-refractivity contribution in [1.82, 2.24) is 26.2 Å². The monoisotopic (exact) mass is 672 g/mol. The summed E-state index contributed by atoms with van der Waals surface area (Å²) in [7, 11) is 1.62. The number of nitrogens with zero attached hydrogens (tertiary/aromatic N) is 2. The van der Waals surface area contributed by atoms with Gasteiger partial charge < -0.3 is 20.5 Å². The first-order valence-corrected chi connectivity index (χ1v) is 16.3. The number of aromatic nitrogens is 1. The maximum Gasteiger partial charge on any atom is 0.249 e. The Balaban J connectivity index is 0.000000445. The van der Waals surface area contributed by atoms with Gasteiger partial charge in [0.2, 0.25) is 11.8 Å². The first-order chi connectivity index (χ1) is 23.2. The normalized spacial score (nSPS) is 16.5. The predicted octanol–water partition coefficient (Wildman–Crippen LogP) is 3.46. The average Bonchev–Trinajstić information content (AvgIpc) is 3.11. The zero-order valence-electron chi connectivity index (χ0n) is 27.3. The van der Waals surface area contributed by atoms with E-state index in [9.17, 15) is 23.6 Å². The highest BCUT2D eigenvalue weighted by molar-refractivity contribution is 5.85. The summed E-state index contributed by atoms with van der Waals surface area (Å²) in [6, 6.07) is 8.85. The van der Waals surface area contributed by atoms with E-state index in [-0.39, 0.29) is 30.1 Å². The van der Waals surface area contributed by atoms with Gasteiger partial charge in [-0.25, -0.2) is 19.7 Å². The van der Waals surface area contributed by atoms with Crippen LogP contribution in [0.3, 0.4) is 0 Å². The summed E-state index contributed by atoms with van der Waals surface area (Å²) in [5.74, 6) is -1.10. The molecule has 0 radical (unpaired) electrons. The summed E-state index contributed by atoms with van der Waals surface area (Å²) < 4.78 is 37.6. The minimum atomic E-state index is -0.693. The standard InChI is InChI=1S/C28H34F2N4O4.C6H12N2O2/c1-37-22-4-5-26-25(16-22)24(19(17-31)18-32-26)3-2-6-28(27(35)33-36)7-9-34(10-8-28)11-12-38-23-14-20(29)13-21(30)15-23;9-6(8-10)5-1-3-7-4-2-5/h4-5,13-16,18,36H,2-3,6-12,17,31H2,1H3,(H,33,35);5,7,10H,1-4H2,(H,8,9). The highest BCUT2D eigenvalue weighted by Crippen LogP contribution is 2.38. The van der Waals surface area contributed by atoms with Gasteiger partial charge >= 0.3 is 0 Å². The number of amides is 2. The number of hydroxylamine groups is 2. The number of ether oxygens (including phenoxy) is 2. The number of methoxy groups -OCH3 is 1. The van der Waals surface area contributed by atoms with Gasteiger partial charge in [0, 0.05) is 48.8 Å². The number of nitrogens with two attached hydrogens (primary N) is 1. The van der Waals surface area contributed by atoms with E-state index in [2.05, 4.69) is 15.2 Å². The van der Waals surface area contributed by atoms with Gasteiger partial charge in [0.05, 0.1) is 18.0 Å². The molecular weight excluding hydrogens is 626 g/mol. The van der Waals surface area contributed by atoms with Crippen molar-refractivity contribution in [3.8, 4) is 11.5 Å². The van der Waals surface area contributed by atoms with Gasteiger partial charge in [-0.05, 0) is 100 Å². The van der Waals surface area contributed by atoms with Gasteiger partial charge in [-0.15, -0.1) is 0 Å². The number of likely N-dealkylation sites (tertiary alicyclic amines) is 1. The second kappa shape index (κ2) is 18.0. The van der Waals surface area contributed by atoms with E-state index in [1.165, 1.54) is 0 Å². The molecule has 2 aromatic carbocycles. The zero-order valence-corrected chi connectivity index (χ0v) is 27.3. The molecule has 1 aromatic heterocycles. The van der Waals surface area contributed by atoms with Crippen LogP contribution in [-0.4, -0.2) is 78.6 Å². The molecule has 0 unspecified atom stereocenters. The number of carbonyl (C=O) groups excluding carboxylic acids is 2. The van der Waals surface area contributed by atoms with E-state index in [1.54, 1.807) is 18.8 Å². The highest BCUT2D eigenvalue weighted by Gasteiger charge is 2.40. The maximum atomic E-state index is 13.4. The molecule has 2 aliphatic rings. The summed E-state index contributed by atoms with van der Waals surface area (Å²) in [5.41, 5.74) is 11.8. The third kappa shape index (κ3) is 9.80. The number of hydrogen-bond acceptors (Lipinski definition) is 10. The number of benzene rings is 2. The summed E-state index contributed by atoms with van der Waals surface area (Å²) in [6.07, 6.45) is 6.64. The summed E-state index contributed by atoms with van der Waals surface area (Å²) in [4.78, 5) is 30.2. The quantitative estimate of drug-likeness (QED) is 0.124. The van der Waals surface area contributed by atoms with Crippen LogP contribution in [0.15, 0.2) is 42.6 Å². The predicted molar refractivity (Wildman–Crippen MR) is 175 cm³/mol. The molecule has 262 valence electrons. The molecular formula is C34H46F2N6O6. The molecule has 2 saturated heterocycles. The molecule has 3 heterocycles. The topological polar surface area (TPSA) is 171 Å². The van der Waals surface area contributed by atoms with Gasteiger partial charge in [0.25, 0.3) is 0 Å². The lowest BCUT2D eigenvalue weighted by Crippen LogP contribution is -2.49. The van der Waals surface area contributed by atoms with Crippen LogP contribution in [0.4, 0.5) is 8.78 Å². The average molecular weight is 673 g/mol. The SMILES string of the molecule is COc1ccc2ncc(CN)c(CCCC3(C(=O)NO)CCN(CCOc4cc(F)cc(F)c4)CC3)c2c1.O=C(NO)C1CCNCC1. The molecule has 0 saturated carbocycles. The van der Waals surface area contributed by atoms with Gasteiger partial charge in [0.1, 0.15) is 29.7 Å². The van der Waals surface area contributed by atoms with E-state index in [4.69, 9.17) is 20.4 Å². The Hall–Kier alpha value is -3.95.